The quantitative estimate of drug-likeness (QED) is 0.356. The Labute approximate surface area is 82.7 Å². The zero-order chi connectivity index (χ0) is 10.1. The van der Waals surface area contributed by atoms with E-state index >= 15 is 0 Å². The van der Waals surface area contributed by atoms with Crippen molar-refractivity contribution in [3.05, 3.63) is 0 Å². The highest BCUT2D eigenvalue weighted by molar-refractivity contribution is 6.27. The minimum atomic E-state index is -0.470. The van der Waals surface area contributed by atoms with Crippen molar-refractivity contribution in [3.63, 3.8) is 0 Å². The molecule has 0 atom stereocenters. The summed E-state index contributed by atoms with van der Waals surface area (Å²) in [6.07, 6.45) is 1.71. The largest absolute Gasteiger partial charge is 0.466 e. The highest BCUT2D eigenvalue weighted by Crippen LogP contribution is 1.94. The maximum absolute atomic E-state index is 10.9. The highest BCUT2D eigenvalue weighted by atomic mass is 28.2. The molecule has 0 bridgehead atoms. The molecule has 0 spiro atoms. The van der Waals surface area contributed by atoms with Gasteiger partial charge in [0, 0.05) is 12.5 Å². The molecule has 0 saturated carbocycles. The molecule has 0 unspecified atom stereocenters. The van der Waals surface area contributed by atoms with E-state index < -0.39 is 9.76 Å². The number of carbonyl (C=O) groups is 1. The summed E-state index contributed by atoms with van der Waals surface area (Å²) in [5, 5.41) is 0. The molecule has 0 aromatic rings. The summed E-state index contributed by atoms with van der Waals surface area (Å²) >= 11 is 0. The van der Waals surface area contributed by atoms with Gasteiger partial charge in [0.15, 0.2) is 9.76 Å². The van der Waals surface area contributed by atoms with E-state index in [9.17, 15) is 4.79 Å². The molecule has 0 radical (unpaired) electrons. The lowest BCUT2D eigenvalue weighted by atomic mass is 10.3. The maximum Gasteiger partial charge on any atom is 0.305 e. The van der Waals surface area contributed by atoms with Crippen molar-refractivity contribution < 1.29 is 14.0 Å². The van der Waals surface area contributed by atoms with Gasteiger partial charge in [0.05, 0.1) is 6.61 Å². The minimum Gasteiger partial charge on any atom is -0.466 e. The molecule has 0 aliphatic carbocycles. The summed E-state index contributed by atoms with van der Waals surface area (Å²) in [6.45, 7) is 6.56. The second kappa shape index (κ2) is 8.25. The first-order chi connectivity index (χ1) is 6.16. The van der Waals surface area contributed by atoms with Crippen LogP contribution in [-0.2, 0) is 14.0 Å². The van der Waals surface area contributed by atoms with Crippen molar-refractivity contribution in [3.8, 4) is 0 Å². The fraction of sp³-hybridized carbons (Fsp3) is 0.889. The van der Waals surface area contributed by atoms with E-state index in [1.165, 1.54) is 0 Å². The van der Waals surface area contributed by atoms with Gasteiger partial charge in [0.25, 0.3) is 0 Å². The van der Waals surface area contributed by atoms with Crippen LogP contribution in [0.25, 0.3) is 0 Å². The van der Waals surface area contributed by atoms with Crippen molar-refractivity contribution >= 4 is 15.7 Å². The van der Waals surface area contributed by atoms with Crippen LogP contribution in [0.2, 0.25) is 6.04 Å². The Morgan fingerprint density at radius 1 is 1.46 bits per heavy atom. The fourth-order valence-corrected chi connectivity index (χ4v) is 1.74. The molecule has 13 heavy (non-hydrogen) atoms. The molecule has 0 aromatic heterocycles. The molecule has 0 aliphatic rings. The zero-order valence-electron chi connectivity index (χ0n) is 8.84. The average molecular weight is 204 g/mol. The first-order valence-corrected chi connectivity index (χ1v) is 6.51. The summed E-state index contributed by atoms with van der Waals surface area (Å²) < 4.78 is 10.4. The molecule has 3 nitrogen and oxygen atoms in total. The molecule has 0 fully saturated rings. The Bertz CT molecular complexity index is 137. The Balaban J connectivity index is 3.11. The maximum atomic E-state index is 10.9. The number of rotatable bonds is 7. The molecule has 0 aromatic carbocycles. The summed E-state index contributed by atoms with van der Waals surface area (Å²) in [6, 6.07) is 0.924. The number of esters is 1. The third-order valence-electron chi connectivity index (χ3n) is 1.46. The van der Waals surface area contributed by atoms with Gasteiger partial charge in [-0.1, -0.05) is 6.92 Å². The van der Waals surface area contributed by atoms with Crippen LogP contribution in [0.1, 0.15) is 33.6 Å². The zero-order valence-corrected chi connectivity index (χ0v) is 10.3. The van der Waals surface area contributed by atoms with Crippen LogP contribution >= 0.6 is 0 Å². The van der Waals surface area contributed by atoms with E-state index in [1.54, 1.807) is 0 Å². The molecule has 0 amide bonds. The van der Waals surface area contributed by atoms with Gasteiger partial charge >= 0.3 is 5.97 Å². The third kappa shape index (κ3) is 9.56. The van der Waals surface area contributed by atoms with Crippen LogP contribution in [0.4, 0.5) is 0 Å². The minimum absolute atomic E-state index is 0.0824. The predicted molar refractivity (Wildman–Crippen MR) is 55.4 cm³/mol. The number of ether oxygens (including phenoxy) is 1. The topological polar surface area (TPSA) is 35.5 Å². The molecule has 0 N–H and O–H groups in total. The lowest BCUT2D eigenvalue weighted by Crippen LogP contribution is -2.11. The van der Waals surface area contributed by atoms with Crippen molar-refractivity contribution in [2.75, 3.05) is 6.61 Å². The van der Waals surface area contributed by atoms with E-state index in [1.807, 2.05) is 20.8 Å². The Morgan fingerprint density at radius 3 is 2.69 bits per heavy atom. The summed E-state index contributed by atoms with van der Waals surface area (Å²) in [5.74, 6) is -0.0824. The van der Waals surface area contributed by atoms with E-state index in [4.69, 9.17) is 9.16 Å². The first kappa shape index (κ1) is 12.6. The smallest absolute Gasteiger partial charge is 0.305 e. The Kier molecular flexibility index (Phi) is 8.03. The van der Waals surface area contributed by atoms with Gasteiger partial charge < -0.3 is 9.16 Å². The third-order valence-corrected chi connectivity index (χ3v) is 2.94. The summed E-state index contributed by atoms with van der Waals surface area (Å²) in [4.78, 5) is 10.9. The van der Waals surface area contributed by atoms with Crippen molar-refractivity contribution in [2.45, 2.75) is 45.8 Å². The van der Waals surface area contributed by atoms with E-state index in [2.05, 4.69) is 0 Å². The molecule has 0 rings (SSSR count). The molecule has 78 valence electrons. The first-order valence-electron chi connectivity index (χ1n) is 4.94. The molecule has 0 saturated heterocycles. The van der Waals surface area contributed by atoms with Crippen LogP contribution in [0, 0.1) is 0 Å². The fourth-order valence-electron chi connectivity index (χ4n) is 0.840. The molecular weight excluding hydrogens is 184 g/mol. The highest BCUT2D eigenvalue weighted by Gasteiger charge is 2.00. The standard InChI is InChI=1S/C9H20O3Si/c1-4-5-9(10)11-6-7-13-12-8(2)3/h8H,4-7,13H2,1-3H3. The number of carbonyl (C=O) groups excluding carboxylic acids is 1. The van der Waals surface area contributed by atoms with Crippen LogP contribution in [0.3, 0.4) is 0 Å². The Hall–Kier alpha value is -0.353. The molecule has 4 heteroatoms. The molecule has 0 heterocycles. The van der Waals surface area contributed by atoms with Crippen molar-refractivity contribution in [1.82, 2.24) is 0 Å². The molecule has 0 aliphatic heterocycles. The van der Waals surface area contributed by atoms with Gasteiger partial charge in [-0.3, -0.25) is 4.79 Å². The van der Waals surface area contributed by atoms with E-state index in [0.717, 1.165) is 12.5 Å². The van der Waals surface area contributed by atoms with Gasteiger partial charge in [0.2, 0.25) is 0 Å². The monoisotopic (exact) mass is 204 g/mol. The average Bonchev–Trinajstić information content (AvgIpc) is 2.03. The van der Waals surface area contributed by atoms with Crippen molar-refractivity contribution in [1.29, 1.82) is 0 Å². The van der Waals surface area contributed by atoms with Gasteiger partial charge in [0.1, 0.15) is 0 Å². The Morgan fingerprint density at radius 2 is 2.15 bits per heavy atom. The normalized spacial score (nSPS) is 11.4. The van der Waals surface area contributed by atoms with Gasteiger partial charge in [-0.2, -0.15) is 0 Å². The van der Waals surface area contributed by atoms with Gasteiger partial charge in [-0.05, 0) is 26.3 Å². The predicted octanol–water partition coefficient (Wildman–Crippen LogP) is 1.26. The van der Waals surface area contributed by atoms with Crippen LogP contribution in [-0.4, -0.2) is 28.4 Å². The summed E-state index contributed by atoms with van der Waals surface area (Å²) in [5.41, 5.74) is 0. The lowest BCUT2D eigenvalue weighted by molar-refractivity contribution is -0.143. The van der Waals surface area contributed by atoms with Crippen molar-refractivity contribution in [2.24, 2.45) is 0 Å². The van der Waals surface area contributed by atoms with Gasteiger partial charge in [-0.25, -0.2) is 0 Å². The van der Waals surface area contributed by atoms with E-state index in [0.29, 0.717) is 19.1 Å². The number of hydrogen-bond acceptors (Lipinski definition) is 3. The second-order valence-corrected chi connectivity index (χ2v) is 4.69. The number of hydrogen-bond donors (Lipinski definition) is 0. The molecular formula is C9H20O3Si. The lowest BCUT2D eigenvalue weighted by Gasteiger charge is -2.07. The summed E-state index contributed by atoms with van der Waals surface area (Å²) in [7, 11) is -0.470. The van der Waals surface area contributed by atoms with Crippen LogP contribution in [0.15, 0.2) is 0 Å². The SMILES string of the molecule is CCCC(=O)OCC[SiH2]OC(C)C. The van der Waals surface area contributed by atoms with E-state index in [-0.39, 0.29) is 5.97 Å². The van der Waals surface area contributed by atoms with Crippen LogP contribution < -0.4 is 0 Å². The van der Waals surface area contributed by atoms with Gasteiger partial charge in [-0.15, -0.1) is 0 Å². The second-order valence-electron chi connectivity index (χ2n) is 3.24. The van der Waals surface area contributed by atoms with Crippen LogP contribution in [0.5, 0.6) is 0 Å².